The number of anilines is 1. The number of rotatable bonds is 2. The molecule has 0 bridgehead atoms. The molecule has 0 spiro atoms. The number of nitrogens with one attached hydrogen (secondary N) is 1. The SMILES string of the molecule is O=C(Nc1ccc(I)cc1)c1cc(S)ccc1Br. The van der Waals surface area contributed by atoms with Gasteiger partial charge >= 0.3 is 0 Å². The zero-order chi connectivity index (χ0) is 13.1. The Morgan fingerprint density at radius 3 is 2.50 bits per heavy atom. The van der Waals surface area contributed by atoms with Crippen molar-refractivity contribution in [1.29, 1.82) is 0 Å². The molecule has 0 atom stereocenters. The van der Waals surface area contributed by atoms with Gasteiger partial charge in [0.05, 0.1) is 5.56 Å². The number of thiol groups is 1. The lowest BCUT2D eigenvalue weighted by Gasteiger charge is -2.07. The van der Waals surface area contributed by atoms with Gasteiger partial charge in [0.1, 0.15) is 0 Å². The molecule has 0 radical (unpaired) electrons. The van der Waals surface area contributed by atoms with E-state index in [1.807, 2.05) is 36.4 Å². The Hall–Kier alpha value is -0.530. The van der Waals surface area contributed by atoms with Crippen molar-refractivity contribution in [2.75, 3.05) is 5.32 Å². The van der Waals surface area contributed by atoms with Crippen LogP contribution < -0.4 is 5.32 Å². The highest BCUT2D eigenvalue weighted by Crippen LogP contribution is 2.21. The lowest BCUT2D eigenvalue weighted by Crippen LogP contribution is -2.12. The number of halogens is 2. The highest BCUT2D eigenvalue weighted by Gasteiger charge is 2.10. The van der Waals surface area contributed by atoms with Crippen LogP contribution in [0.3, 0.4) is 0 Å². The smallest absolute Gasteiger partial charge is 0.256 e. The quantitative estimate of drug-likeness (QED) is 0.526. The Balaban J connectivity index is 2.21. The second-order valence-electron chi connectivity index (χ2n) is 3.63. The van der Waals surface area contributed by atoms with Gasteiger partial charge in [-0.2, -0.15) is 0 Å². The molecule has 0 aliphatic carbocycles. The Kier molecular flexibility index (Phi) is 4.69. The molecular weight excluding hydrogens is 425 g/mol. The van der Waals surface area contributed by atoms with E-state index in [-0.39, 0.29) is 5.91 Å². The van der Waals surface area contributed by atoms with Crippen LogP contribution >= 0.6 is 51.1 Å². The van der Waals surface area contributed by atoms with Gasteiger partial charge in [0.25, 0.3) is 5.91 Å². The molecule has 0 unspecified atom stereocenters. The minimum Gasteiger partial charge on any atom is -0.322 e. The van der Waals surface area contributed by atoms with Crippen molar-refractivity contribution in [3.8, 4) is 0 Å². The number of carbonyl (C=O) groups excluding carboxylic acids is 1. The van der Waals surface area contributed by atoms with Crippen molar-refractivity contribution in [3.05, 3.63) is 56.1 Å². The van der Waals surface area contributed by atoms with Gasteiger partial charge in [-0.25, -0.2) is 0 Å². The van der Waals surface area contributed by atoms with Gasteiger partial charge in [0, 0.05) is 18.6 Å². The van der Waals surface area contributed by atoms with Crippen LogP contribution in [-0.4, -0.2) is 5.91 Å². The maximum absolute atomic E-state index is 12.1. The van der Waals surface area contributed by atoms with Crippen LogP contribution in [0.5, 0.6) is 0 Å². The normalized spacial score (nSPS) is 10.2. The zero-order valence-electron chi connectivity index (χ0n) is 9.15. The van der Waals surface area contributed by atoms with Gasteiger partial charge in [0.15, 0.2) is 0 Å². The minimum atomic E-state index is -0.154. The van der Waals surface area contributed by atoms with Crippen molar-refractivity contribution in [3.63, 3.8) is 0 Å². The average Bonchev–Trinajstić information content (AvgIpc) is 2.35. The first kappa shape index (κ1) is 13.9. The van der Waals surface area contributed by atoms with E-state index in [2.05, 4.69) is 56.5 Å². The highest BCUT2D eigenvalue weighted by atomic mass is 127. The van der Waals surface area contributed by atoms with E-state index >= 15 is 0 Å². The van der Waals surface area contributed by atoms with Gasteiger partial charge in [-0.3, -0.25) is 4.79 Å². The largest absolute Gasteiger partial charge is 0.322 e. The summed E-state index contributed by atoms with van der Waals surface area (Å²) in [4.78, 5) is 12.9. The molecule has 1 N–H and O–H groups in total. The van der Waals surface area contributed by atoms with Crippen LogP contribution in [0.25, 0.3) is 0 Å². The molecule has 0 aliphatic heterocycles. The fourth-order valence-electron chi connectivity index (χ4n) is 1.42. The molecule has 0 saturated carbocycles. The fourth-order valence-corrected chi connectivity index (χ4v) is 2.41. The Bertz CT molecular complexity index is 586. The predicted molar refractivity (Wildman–Crippen MR) is 88.5 cm³/mol. The minimum absolute atomic E-state index is 0.154. The summed E-state index contributed by atoms with van der Waals surface area (Å²) in [6, 6.07) is 13.0. The van der Waals surface area contributed by atoms with Crippen LogP contribution in [0.4, 0.5) is 5.69 Å². The standard InChI is InChI=1S/C13H9BrINOS/c14-12-6-5-10(18)7-11(12)13(17)16-9-3-1-8(15)2-4-9/h1-7,18H,(H,16,17). The zero-order valence-corrected chi connectivity index (χ0v) is 13.8. The molecule has 0 fully saturated rings. The maximum atomic E-state index is 12.1. The van der Waals surface area contributed by atoms with Gasteiger partial charge in [-0.15, -0.1) is 12.6 Å². The average molecular weight is 434 g/mol. The molecule has 2 nitrogen and oxygen atoms in total. The molecule has 2 rings (SSSR count). The third-order valence-corrected chi connectivity index (χ3v) is 3.99. The molecule has 1 amide bonds. The summed E-state index contributed by atoms with van der Waals surface area (Å²) < 4.78 is 1.88. The van der Waals surface area contributed by atoms with E-state index < -0.39 is 0 Å². The summed E-state index contributed by atoms with van der Waals surface area (Å²) in [6.45, 7) is 0. The van der Waals surface area contributed by atoms with Gasteiger partial charge in [0.2, 0.25) is 0 Å². The van der Waals surface area contributed by atoms with E-state index in [1.54, 1.807) is 6.07 Å². The van der Waals surface area contributed by atoms with Gasteiger partial charge in [-0.05, 0) is 81.0 Å². The first-order valence-corrected chi connectivity index (χ1v) is 7.43. The molecule has 0 heterocycles. The summed E-state index contributed by atoms with van der Waals surface area (Å²) in [6.07, 6.45) is 0. The summed E-state index contributed by atoms with van der Waals surface area (Å²) in [5, 5.41) is 2.85. The first-order valence-electron chi connectivity index (χ1n) is 5.12. The summed E-state index contributed by atoms with van der Waals surface area (Å²) in [5.74, 6) is -0.154. The molecule has 0 saturated heterocycles. The summed E-state index contributed by atoms with van der Waals surface area (Å²) in [5.41, 5.74) is 1.35. The van der Waals surface area contributed by atoms with Gasteiger partial charge < -0.3 is 5.32 Å². The lowest BCUT2D eigenvalue weighted by atomic mass is 10.2. The Morgan fingerprint density at radius 1 is 1.17 bits per heavy atom. The van der Waals surface area contributed by atoms with Crippen LogP contribution in [0.2, 0.25) is 0 Å². The number of benzene rings is 2. The molecule has 0 aromatic heterocycles. The maximum Gasteiger partial charge on any atom is 0.256 e. The topological polar surface area (TPSA) is 29.1 Å². The Morgan fingerprint density at radius 2 is 1.83 bits per heavy atom. The van der Waals surface area contributed by atoms with Crippen LogP contribution in [0.1, 0.15) is 10.4 Å². The fraction of sp³-hybridized carbons (Fsp3) is 0. The number of amides is 1. The van der Waals surface area contributed by atoms with E-state index in [0.29, 0.717) is 5.56 Å². The van der Waals surface area contributed by atoms with Crippen LogP contribution in [-0.2, 0) is 0 Å². The molecule has 92 valence electrons. The monoisotopic (exact) mass is 433 g/mol. The van der Waals surface area contributed by atoms with Crippen molar-refractivity contribution in [2.24, 2.45) is 0 Å². The van der Waals surface area contributed by atoms with Crippen LogP contribution in [0, 0.1) is 3.57 Å². The number of hydrogen-bond acceptors (Lipinski definition) is 2. The lowest BCUT2D eigenvalue weighted by molar-refractivity contribution is 0.102. The molecule has 2 aromatic rings. The van der Waals surface area contributed by atoms with E-state index in [9.17, 15) is 4.79 Å². The second-order valence-corrected chi connectivity index (χ2v) is 6.24. The molecular formula is C13H9BrINOS. The highest BCUT2D eigenvalue weighted by molar-refractivity contribution is 14.1. The van der Waals surface area contributed by atoms with Crippen molar-refractivity contribution >= 4 is 62.7 Å². The van der Waals surface area contributed by atoms with Crippen molar-refractivity contribution in [2.45, 2.75) is 4.90 Å². The predicted octanol–water partition coefficient (Wildman–Crippen LogP) is 4.59. The van der Waals surface area contributed by atoms with Crippen LogP contribution in [0.15, 0.2) is 51.8 Å². The van der Waals surface area contributed by atoms with Crippen molar-refractivity contribution < 1.29 is 4.79 Å². The third-order valence-electron chi connectivity index (χ3n) is 2.30. The molecule has 2 aromatic carbocycles. The molecule has 0 aliphatic rings. The second kappa shape index (κ2) is 6.08. The van der Waals surface area contributed by atoms with E-state index in [0.717, 1.165) is 18.6 Å². The van der Waals surface area contributed by atoms with E-state index in [4.69, 9.17) is 0 Å². The number of carbonyl (C=O) groups is 1. The first-order chi connectivity index (χ1) is 8.56. The summed E-state index contributed by atoms with van der Waals surface area (Å²) >= 11 is 9.81. The summed E-state index contributed by atoms with van der Waals surface area (Å²) in [7, 11) is 0. The molecule has 18 heavy (non-hydrogen) atoms. The molecule has 5 heteroatoms. The Labute approximate surface area is 133 Å². The third kappa shape index (κ3) is 3.49. The van der Waals surface area contributed by atoms with E-state index in [1.165, 1.54) is 0 Å². The van der Waals surface area contributed by atoms with Crippen molar-refractivity contribution in [1.82, 2.24) is 0 Å². The number of hydrogen-bond donors (Lipinski definition) is 2. The van der Waals surface area contributed by atoms with Gasteiger partial charge in [-0.1, -0.05) is 0 Å².